The van der Waals surface area contributed by atoms with Gasteiger partial charge in [-0.3, -0.25) is 0 Å². The van der Waals surface area contributed by atoms with Gasteiger partial charge in [0.05, 0.1) is 16.9 Å². The van der Waals surface area contributed by atoms with Crippen LogP contribution in [-0.2, 0) is 20.6 Å². The molecule has 0 aliphatic carbocycles. The van der Waals surface area contributed by atoms with Gasteiger partial charge in [-0.2, -0.15) is 4.31 Å². The summed E-state index contributed by atoms with van der Waals surface area (Å²) >= 11 is 7.10. The molecule has 2 heterocycles. The van der Waals surface area contributed by atoms with E-state index in [1.165, 1.54) is 15.6 Å². The number of ether oxygens (including phenoxy) is 1. The molecule has 108 valence electrons. The highest BCUT2D eigenvalue weighted by molar-refractivity contribution is 7.89. The van der Waals surface area contributed by atoms with Crippen LogP contribution in [0.2, 0.25) is 0 Å². The number of hydrogen-bond acceptors (Lipinski definition) is 4. The van der Waals surface area contributed by atoms with Gasteiger partial charge in [-0.25, -0.2) is 8.42 Å². The smallest absolute Gasteiger partial charge is 0.243 e. The molecule has 19 heavy (non-hydrogen) atoms. The zero-order valence-electron chi connectivity index (χ0n) is 10.8. The van der Waals surface area contributed by atoms with E-state index in [1.807, 2.05) is 6.92 Å². The van der Waals surface area contributed by atoms with E-state index in [0.29, 0.717) is 23.9 Å². The van der Waals surface area contributed by atoms with Crippen LogP contribution in [0.3, 0.4) is 0 Å². The lowest BCUT2D eigenvalue weighted by Gasteiger charge is -2.22. The second-order valence-corrected chi connectivity index (χ2v) is 7.67. The summed E-state index contributed by atoms with van der Waals surface area (Å²) in [6.07, 6.45) is 1.97. The van der Waals surface area contributed by atoms with E-state index in [0.717, 1.165) is 24.3 Å². The normalized spacial score (nSPS) is 20.3. The van der Waals surface area contributed by atoms with Gasteiger partial charge in [-0.1, -0.05) is 6.92 Å². The third kappa shape index (κ3) is 3.49. The Morgan fingerprint density at radius 3 is 2.89 bits per heavy atom. The largest absolute Gasteiger partial charge is 0.377 e. The molecule has 0 N–H and O–H groups in total. The molecule has 1 aliphatic rings. The second kappa shape index (κ2) is 6.54. The van der Waals surface area contributed by atoms with Gasteiger partial charge in [0.1, 0.15) is 0 Å². The fourth-order valence-electron chi connectivity index (χ4n) is 2.13. The van der Waals surface area contributed by atoms with Crippen LogP contribution in [0.15, 0.2) is 16.3 Å². The molecular weight excluding hydrogens is 306 g/mol. The molecule has 0 aromatic carbocycles. The van der Waals surface area contributed by atoms with E-state index in [9.17, 15) is 8.42 Å². The molecule has 1 unspecified atom stereocenters. The summed E-state index contributed by atoms with van der Waals surface area (Å²) in [7, 11) is -3.42. The summed E-state index contributed by atoms with van der Waals surface area (Å²) in [5.74, 6) is 0.345. The van der Waals surface area contributed by atoms with Crippen LogP contribution in [0.4, 0.5) is 0 Å². The van der Waals surface area contributed by atoms with Gasteiger partial charge in [0.15, 0.2) is 0 Å². The van der Waals surface area contributed by atoms with Gasteiger partial charge in [-0.05, 0) is 18.9 Å². The monoisotopic (exact) mass is 323 g/mol. The van der Waals surface area contributed by atoms with Crippen LogP contribution in [0, 0.1) is 0 Å². The SMILES string of the molecule is CCN(CC1CCCO1)S(=O)(=O)c1csc(CCl)c1. The van der Waals surface area contributed by atoms with Gasteiger partial charge in [0.25, 0.3) is 0 Å². The Balaban J connectivity index is 2.15. The molecule has 7 heteroatoms. The number of nitrogens with zero attached hydrogens (tertiary/aromatic N) is 1. The van der Waals surface area contributed by atoms with E-state index in [-0.39, 0.29) is 6.10 Å². The fraction of sp³-hybridized carbons (Fsp3) is 0.667. The molecule has 0 bridgehead atoms. The molecule has 2 rings (SSSR count). The topological polar surface area (TPSA) is 46.6 Å². The van der Waals surface area contributed by atoms with Crippen molar-refractivity contribution in [2.24, 2.45) is 0 Å². The predicted molar refractivity (Wildman–Crippen MR) is 77.3 cm³/mol. The van der Waals surface area contributed by atoms with Crippen molar-refractivity contribution in [3.05, 3.63) is 16.3 Å². The molecule has 0 spiro atoms. The number of hydrogen-bond donors (Lipinski definition) is 0. The highest BCUT2D eigenvalue weighted by atomic mass is 35.5. The molecule has 4 nitrogen and oxygen atoms in total. The van der Waals surface area contributed by atoms with Crippen molar-refractivity contribution in [1.29, 1.82) is 0 Å². The first-order chi connectivity index (χ1) is 9.07. The Morgan fingerprint density at radius 1 is 1.58 bits per heavy atom. The summed E-state index contributed by atoms with van der Waals surface area (Å²) < 4.78 is 32.0. The van der Waals surface area contributed by atoms with Gasteiger partial charge in [0.2, 0.25) is 10.0 Å². The quantitative estimate of drug-likeness (QED) is 0.756. The van der Waals surface area contributed by atoms with Crippen LogP contribution < -0.4 is 0 Å². The Morgan fingerprint density at radius 2 is 2.37 bits per heavy atom. The Bertz CT molecular complexity index is 509. The van der Waals surface area contributed by atoms with E-state index in [1.54, 1.807) is 11.4 Å². The highest BCUT2D eigenvalue weighted by Gasteiger charge is 2.28. The molecular formula is C12H18ClNO3S2. The van der Waals surface area contributed by atoms with E-state index < -0.39 is 10.0 Å². The van der Waals surface area contributed by atoms with Crippen molar-refractivity contribution in [3.63, 3.8) is 0 Å². The zero-order chi connectivity index (χ0) is 13.9. The molecule has 1 aromatic heterocycles. The van der Waals surface area contributed by atoms with Crippen molar-refractivity contribution in [3.8, 4) is 0 Å². The average molecular weight is 324 g/mol. The number of rotatable bonds is 6. The first-order valence-corrected chi connectivity index (χ1v) is 9.18. The number of thiophene rings is 1. The van der Waals surface area contributed by atoms with Crippen molar-refractivity contribution in [1.82, 2.24) is 4.31 Å². The van der Waals surface area contributed by atoms with Gasteiger partial charge in [-0.15, -0.1) is 22.9 Å². The first-order valence-electron chi connectivity index (χ1n) is 6.33. The number of halogens is 1. The number of alkyl halides is 1. The van der Waals surface area contributed by atoms with Crippen LogP contribution in [0.5, 0.6) is 0 Å². The highest BCUT2D eigenvalue weighted by Crippen LogP contribution is 2.25. The van der Waals surface area contributed by atoms with E-state index in [2.05, 4.69) is 0 Å². The van der Waals surface area contributed by atoms with Gasteiger partial charge in [0, 0.05) is 30.0 Å². The lowest BCUT2D eigenvalue weighted by Crippen LogP contribution is -2.37. The minimum Gasteiger partial charge on any atom is -0.377 e. The second-order valence-electron chi connectivity index (χ2n) is 4.47. The Hall–Kier alpha value is -0.140. The molecule has 0 amide bonds. The maximum absolute atomic E-state index is 12.5. The minimum absolute atomic E-state index is 0.0286. The number of likely N-dealkylation sites (N-methyl/N-ethyl adjacent to an activating group) is 1. The summed E-state index contributed by atoms with van der Waals surface area (Å²) in [5.41, 5.74) is 0. The molecule has 1 aromatic rings. The molecule has 1 fully saturated rings. The molecule has 1 atom stereocenters. The van der Waals surface area contributed by atoms with E-state index >= 15 is 0 Å². The summed E-state index contributed by atoms with van der Waals surface area (Å²) in [6.45, 7) is 3.47. The lowest BCUT2D eigenvalue weighted by atomic mass is 10.2. The van der Waals surface area contributed by atoms with Crippen LogP contribution >= 0.6 is 22.9 Å². The van der Waals surface area contributed by atoms with Crippen LogP contribution in [-0.4, -0.2) is 38.5 Å². The Kier molecular flexibility index (Phi) is 5.25. The van der Waals surface area contributed by atoms with Crippen molar-refractivity contribution in [2.45, 2.75) is 36.6 Å². The van der Waals surface area contributed by atoms with Crippen molar-refractivity contribution >= 4 is 33.0 Å². The summed E-state index contributed by atoms with van der Waals surface area (Å²) in [6, 6.07) is 1.66. The van der Waals surface area contributed by atoms with Gasteiger partial charge < -0.3 is 4.74 Å². The minimum atomic E-state index is -3.42. The number of sulfonamides is 1. The molecule has 0 saturated carbocycles. The summed E-state index contributed by atoms with van der Waals surface area (Å²) in [4.78, 5) is 1.21. The molecule has 1 aliphatic heterocycles. The lowest BCUT2D eigenvalue weighted by molar-refractivity contribution is 0.0947. The zero-order valence-corrected chi connectivity index (χ0v) is 13.2. The fourth-order valence-corrected chi connectivity index (χ4v) is 4.98. The van der Waals surface area contributed by atoms with Crippen LogP contribution in [0.1, 0.15) is 24.6 Å². The predicted octanol–water partition coefficient (Wildman–Crippen LogP) is 2.68. The van der Waals surface area contributed by atoms with Gasteiger partial charge >= 0.3 is 0 Å². The first kappa shape index (κ1) is 15.3. The third-order valence-corrected chi connectivity index (χ3v) is 6.63. The maximum Gasteiger partial charge on any atom is 0.243 e. The third-order valence-electron chi connectivity index (χ3n) is 3.18. The average Bonchev–Trinajstić information content (AvgIpc) is 3.06. The molecule has 1 saturated heterocycles. The summed E-state index contributed by atoms with van der Waals surface area (Å²) in [5, 5.41) is 1.66. The van der Waals surface area contributed by atoms with Crippen molar-refractivity contribution < 1.29 is 13.2 Å². The van der Waals surface area contributed by atoms with E-state index in [4.69, 9.17) is 16.3 Å². The van der Waals surface area contributed by atoms with Crippen LogP contribution in [0.25, 0.3) is 0 Å². The Labute approximate surface area is 123 Å². The standard InChI is InChI=1S/C12H18ClNO3S2/c1-2-14(8-10-4-3-5-17-10)19(15,16)12-6-11(7-13)18-9-12/h6,9-10H,2-5,7-8H2,1H3. The molecule has 0 radical (unpaired) electrons. The van der Waals surface area contributed by atoms with Crippen molar-refractivity contribution in [2.75, 3.05) is 19.7 Å². The maximum atomic E-state index is 12.5.